The first-order chi connectivity index (χ1) is 11.2. The zero-order valence-electron chi connectivity index (χ0n) is 14.8. The second kappa shape index (κ2) is 6.26. The Hall–Kier alpha value is -1.21. The van der Waals surface area contributed by atoms with E-state index in [0.717, 1.165) is 5.56 Å². The second-order valence-corrected chi connectivity index (χ2v) is 7.63. The van der Waals surface area contributed by atoms with Gasteiger partial charge in [0.1, 0.15) is 5.73 Å². The molecule has 0 unspecified atom stereocenters. The van der Waals surface area contributed by atoms with Crippen LogP contribution in [0, 0.1) is 0 Å². The van der Waals surface area contributed by atoms with Crippen LogP contribution in [0.2, 0.25) is 0 Å². The van der Waals surface area contributed by atoms with Gasteiger partial charge in [0.05, 0.1) is 17.3 Å². The molecule has 24 heavy (non-hydrogen) atoms. The van der Waals surface area contributed by atoms with Gasteiger partial charge in [-0.15, -0.1) is 0 Å². The summed E-state index contributed by atoms with van der Waals surface area (Å²) in [6, 6.07) is 9.45. The number of nitrogens with zero attached hydrogens (tertiary/aromatic N) is 1. The van der Waals surface area contributed by atoms with Crippen LogP contribution in [0.25, 0.3) is 5.57 Å². The summed E-state index contributed by atoms with van der Waals surface area (Å²) >= 11 is 0. The van der Waals surface area contributed by atoms with Crippen LogP contribution in [0.4, 0.5) is 4.39 Å². The van der Waals surface area contributed by atoms with Gasteiger partial charge in [-0.3, -0.25) is 4.90 Å². The first-order valence-electron chi connectivity index (χ1n) is 8.39. The third-order valence-corrected chi connectivity index (χ3v) is 5.19. The lowest BCUT2D eigenvalue weighted by Crippen LogP contribution is -2.51. The molecule has 0 saturated carbocycles. The molecule has 0 aromatic heterocycles. The normalized spacial score (nSPS) is 24.7. The van der Waals surface area contributed by atoms with Gasteiger partial charge in [-0.2, -0.15) is 0 Å². The minimum Gasteiger partial charge on any atom is -0.398 e. The molecule has 1 N–H and O–H groups in total. The molecule has 1 aromatic rings. The molecule has 2 aliphatic heterocycles. The highest BCUT2D eigenvalue weighted by Crippen LogP contribution is 2.40. The summed E-state index contributed by atoms with van der Waals surface area (Å²) in [7, 11) is -1.00. The predicted molar refractivity (Wildman–Crippen MR) is 93.0 cm³/mol. The highest BCUT2D eigenvalue weighted by molar-refractivity contribution is 6.55. The molecule has 130 valence electrons. The quantitative estimate of drug-likeness (QED) is 0.861. The van der Waals surface area contributed by atoms with Crippen molar-refractivity contribution in [3.63, 3.8) is 0 Å². The number of β-amino-alcohol motifs (C(OH)–C–C–N with tert-alkyl or cyclic N) is 1. The number of halogens is 1. The minimum atomic E-state index is -1.00. The second-order valence-electron chi connectivity index (χ2n) is 7.63. The fraction of sp³-hybridized carbons (Fsp3) is 0.556. The Kier molecular flexibility index (Phi) is 4.60. The standard InChI is InChI=1S/C18H25BFNO3/c1-17(2)18(3,4)24-19(23-17)16(20)15(12-21-10-14(22)11-21)13-8-6-5-7-9-13/h5-9,14,22H,10-12H2,1-4H3. The topological polar surface area (TPSA) is 41.9 Å². The molecule has 2 saturated heterocycles. The zero-order valence-corrected chi connectivity index (χ0v) is 14.8. The van der Waals surface area contributed by atoms with E-state index in [2.05, 4.69) is 0 Å². The summed E-state index contributed by atoms with van der Waals surface area (Å²) in [5.41, 5.74) is -0.179. The Labute approximate surface area is 143 Å². The Morgan fingerprint density at radius 1 is 1.17 bits per heavy atom. The molecular weight excluding hydrogens is 308 g/mol. The van der Waals surface area contributed by atoms with Crippen LogP contribution >= 0.6 is 0 Å². The summed E-state index contributed by atoms with van der Waals surface area (Å²) < 4.78 is 27.0. The number of hydrogen-bond donors (Lipinski definition) is 1. The van der Waals surface area contributed by atoms with Crippen LogP contribution in [-0.4, -0.2) is 54.1 Å². The van der Waals surface area contributed by atoms with Crippen LogP contribution < -0.4 is 0 Å². The van der Waals surface area contributed by atoms with Crippen molar-refractivity contribution in [1.29, 1.82) is 0 Å². The van der Waals surface area contributed by atoms with E-state index in [1.165, 1.54) is 0 Å². The third kappa shape index (κ3) is 3.29. The summed E-state index contributed by atoms with van der Waals surface area (Å²) in [6.45, 7) is 9.20. The van der Waals surface area contributed by atoms with E-state index in [1.807, 2.05) is 62.9 Å². The molecule has 0 amide bonds. The van der Waals surface area contributed by atoms with Crippen molar-refractivity contribution in [2.75, 3.05) is 19.6 Å². The van der Waals surface area contributed by atoms with Crippen LogP contribution in [0.15, 0.2) is 36.1 Å². The van der Waals surface area contributed by atoms with Gasteiger partial charge in [0.25, 0.3) is 0 Å². The molecule has 0 atom stereocenters. The summed E-state index contributed by atoms with van der Waals surface area (Å²) in [5, 5.41) is 9.49. The smallest absolute Gasteiger partial charge is 0.398 e. The number of rotatable bonds is 4. The SMILES string of the molecule is CC1(C)OB(C(F)=C(CN2CC(O)C2)c2ccccc2)OC1(C)C. The van der Waals surface area contributed by atoms with Crippen LogP contribution in [0.1, 0.15) is 33.3 Å². The van der Waals surface area contributed by atoms with Gasteiger partial charge in [-0.25, -0.2) is 4.39 Å². The first-order valence-corrected chi connectivity index (χ1v) is 8.39. The van der Waals surface area contributed by atoms with Crippen molar-refractivity contribution in [3.8, 4) is 0 Å². The van der Waals surface area contributed by atoms with Gasteiger partial charge in [-0.05, 0) is 33.3 Å². The molecule has 2 fully saturated rings. The molecule has 3 rings (SSSR count). The van der Waals surface area contributed by atoms with E-state index in [1.54, 1.807) is 0 Å². The largest absolute Gasteiger partial charge is 0.525 e. The van der Waals surface area contributed by atoms with Crippen molar-refractivity contribution in [3.05, 3.63) is 41.6 Å². The minimum absolute atomic E-state index is 0.318. The fourth-order valence-electron chi connectivity index (χ4n) is 2.93. The monoisotopic (exact) mass is 333 g/mol. The molecular formula is C18H25BFNO3. The highest BCUT2D eigenvalue weighted by Gasteiger charge is 2.53. The Bertz CT molecular complexity index is 610. The number of aliphatic hydroxyl groups excluding tert-OH is 1. The lowest BCUT2D eigenvalue weighted by Gasteiger charge is -2.36. The average molecular weight is 333 g/mol. The van der Waals surface area contributed by atoms with Gasteiger partial charge < -0.3 is 14.4 Å². The van der Waals surface area contributed by atoms with E-state index in [9.17, 15) is 5.11 Å². The molecule has 4 nitrogen and oxygen atoms in total. The molecule has 0 aliphatic carbocycles. The van der Waals surface area contributed by atoms with Crippen LogP contribution in [0.3, 0.4) is 0 Å². The molecule has 2 heterocycles. The maximum atomic E-state index is 15.3. The lowest BCUT2D eigenvalue weighted by molar-refractivity contribution is 0.00578. The molecule has 0 spiro atoms. The lowest BCUT2D eigenvalue weighted by atomic mass is 9.82. The Morgan fingerprint density at radius 3 is 2.21 bits per heavy atom. The van der Waals surface area contributed by atoms with Crippen molar-refractivity contribution in [1.82, 2.24) is 4.90 Å². The van der Waals surface area contributed by atoms with E-state index < -0.39 is 18.3 Å². The molecule has 0 radical (unpaired) electrons. The third-order valence-electron chi connectivity index (χ3n) is 5.19. The van der Waals surface area contributed by atoms with Gasteiger partial charge in [0.15, 0.2) is 0 Å². The Morgan fingerprint density at radius 2 is 1.71 bits per heavy atom. The summed E-state index contributed by atoms with van der Waals surface area (Å²) in [6.07, 6.45) is -0.318. The van der Waals surface area contributed by atoms with Gasteiger partial charge in [0, 0.05) is 25.2 Å². The Balaban J connectivity index is 1.90. The van der Waals surface area contributed by atoms with Gasteiger partial charge >= 0.3 is 7.12 Å². The molecule has 0 bridgehead atoms. The fourth-order valence-corrected chi connectivity index (χ4v) is 2.93. The van der Waals surface area contributed by atoms with Crippen molar-refractivity contribution in [2.45, 2.75) is 45.0 Å². The zero-order chi connectivity index (χ0) is 17.5. The van der Waals surface area contributed by atoms with E-state index >= 15 is 4.39 Å². The first kappa shape index (κ1) is 17.6. The number of hydrogen-bond acceptors (Lipinski definition) is 4. The summed E-state index contributed by atoms with van der Waals surface area (Å²) in [4.78, 5) is 2.01. The van der Waals surface area contributed by atoms with E-state index in [0.29, 0.717) is 25.2 Å². The molecule has 6 heteroatoms. The maximum absolute atomic E-state index is 15.3. The molecule has 1 aromatic carbocycles. The predicted octanol–water partition coefficient (Wildman–Crippen LogP) is 2.68. The van der Waals surface area contributed by atoms with Gasteiger partial charge in [0.2, 0.25) is 0 Å². The number of benzene rings is 1. The average Bonchev–Trinajstić information content (AvgIpc) is 2.71. The van der Waals surface area contributed by atoms with E-state index in [-0.39, 0.29) is 11.8 Å². The number of likely N-dealkylation sites (tertiary alicyclic amines) is 1. The number of aliphatic hydroxyl groups is 1. The van der Waals surface area contributed by atoms with E-state index in [4.69, 9.17) is 9.31 Å². The van der Waals surface area contributed by atoms with Gasteiger partial charge in [-0.1, -0.05) is 30.3 Å². The summed E-state index contributed by atoms with van der Waals surface area (Å²) in [5.74, 6) is 0. The van der Waals surface area contributed by atoms with Crippen LogP contribution in [-0.2, 0) is 9.31 Å². The van der Waals surface area contributed by atoms with Crippen molar-refractivity contribution < 1.29 is 18.8 Å². The molecule has 2 aliphatic rings. The van der Waals surface area contributed by atoms with Crippen molar-refractivity contribution >= 4 is 12.7 Å². The maximum Gasteiger partial charge on any atom is 0.525 e. The highest BCUT2D eigenvalue weighted by atomic mass is 19.1. The van der Waals surface area contributed by atoms with Crippen molar-refractivity contribution in [2.24, 2.45) is 0 Å². The van der Waals surface area contributed by atoms with Crippen LogP contribution in [0.5, 0.6) is 0 Å².